The number of alkyl halides is 3. The van der Waals surface area contributed by atoms with Crippen LogP contribution in [0.4, 0.5) is 19.0 Å². The number of fused-ring (bicyclic) bond motifs is 1. The molecule has 0 bridgehead atoms. The van der Waals surface area contributed by atoms with Gasteiger partial charge in [-0.25, -0.2) is 0 Å². The summed E-state index contributed by atoms with van der Waals surface area (Å²) in [5.41, 5.74) is -1.05. The van der Waals surface area contributed by atoms with Crippen LogP contribution < -0.4 is 5.32 Å². The summed E-state index contributed by atoms with van der Waals surface area (Å²) < 4.78 is 63.5. The summed E-state index contributed by atoms with van der Waals surface area (Å²) in [6.07, 6.45) is 1.04. The Morgan fingerprint density at radius 1 is 1.18 bits per heavy atom. The molecule has 1 aliphatic carbocycles. The number of anilines is 1. The Labute approximate surface area is 201 Å². The Kier molecular flexibility index (Phi) is 5.62. The third kappa shape index (κ3) is 5.20. The van der Waals surface area contributed by atoms with Gasteiger partial charge in [-0.2, -0.15) is 13.2 Å². The summed E-state index contributed by atoms with van der Waals surface area (Å²) in [4.78, 5) is 5.85. The zero-order valence-electron chi connectivity index (χ0n) is 21.5. The van der Waals surface area contributed by atoms with Crippen molar-refractivity contribution in [2.75, 3.05) is 31.5 Å². The fourth-order valence-electron chi connectivity index (χ4n) is 5.73. The van der Waals surface area contributed by atoms with Crippen LogP contribution in [0.25, 0.3) is 11.3 Å². The van der Waals surface area contributed by atoms with Crippen molar-refractivity contribution in [3.63, 3.8) is 0 Å². The smallest absolute Gasteiger partial charge is 0.376 e. The van der Waals surface area contributed by atoms with E-state index < -0.39 is 18.2 Å². The highest BCUT2D eigenvalue weighted by Crippen LogP contribution is 2.40. The van der Waals surface area contributed by atoms with Gasteiger partial charge in [-0.05, 0) is 75.5 Å². The molecule has 5 rings (SSSR count). The predicted molar refractivity (Wildman–Crippen MR) is 123 cm³/mol. The average molecular weight is 478 g/mol. The van der Waals surface area contributed by atoms with E-state index >= 15 is 0 Å². The molecule has 0 radical (unpaired) electrons. The monoisotopic (exact) mass is 477 g/mol. The highest BCUT2D eigenvalue weighted by molar-refractivity contribution is 5.63. The second-order valence-corrected chi connectivity index (χ2v) is 10.4. The maximum Gasteiger partial charge on any atom is 0.417 e. The standard InChI is InChI=1S/C25H32F3N5O/c1-24(2)11-16(6-8-34-24)13-33-14-17-9-19(10-18(17)15-33)30-23-4-3-22(31-32-23)20-12-29-7-5-21(20)25(26,27)28/h3-5,7,12,16-19H,6,8-11,13-15H2,1-2H3,(H,30,32)/t16?,17-,18+,19?/i13D2. The second kappa shape index (κ2) is 9.07. The highest BCUT2D eigenvalue weighted by Gasteiger charge is 2.42. The van der Waals surface area contributed by atoms with Gasteiger partial charge in [0.1, 0.15) is 5.82 Å². The van der Waals surface area contributed by atoms with Crippen LogP contribution in [-0.4, -0.2) is 57.9 Å². The first kappa shape index (κ1) is 21.1. The highest BCUT2D eigenvalue weighted by atomic mass is 19.4. The Balaban J connectivity index is 1.19. The first-order valence-corrected chi connectivity index (χ1v) is 11.9. The number of hydrogen-bond donors (Lipinski definition) is 1. The molecule has 2 unspecified atom stereocenters. The number of rotatable bonds is 5. The van der Waals surface area contributed by atoms with Gasteiger partial charge in [-0.3, -0.25) is 4.98 Å². The molecule has 6 nitrogen and oxygen atoms in total. The van der Waals surface area contributed by atoms with E-state index in [0.29, 0.717) is 30.7 Å². The molecule has 3 aliphatic rings. The summed E-state index contributed by atoms with van der Waals surface area (Å²) in [6.45, 7) is 4.79. The SMILES string of the molecule is [2H]C([2H])(C1CCOC(C)(C)C1)N1C[C@H]2CC(Nc3ccc(-c4cnccc4C(F)(F)F)nn3)C[C@H]2C1. The number of nitrogens with zero attached hydrogens (tertiary/aromatic N) is 4. The molecule has 0 aromatic carbocycles. The minimum atomic E-state index is -4.50. The molecule has 1 N–H and O–H groups in total. The topological polar surface area (TPSA) is 63.2 Å². The Morgan fingerprint density at radius 2 is 1.94 bits per heavy atom. The lowest BCUT2D eigenvalue weighted by atomic mass is 9.88. The van der Waals surface area contributed by atoms with Gasteiger partial charge in [0.15, 0.2) is 0 Å². The first-order valence-electron chi connectivity index (χ1n) is 12.9. The first-order chi connectivity index (χ1) is 16.9. The number of ether oxygens (including phenoxy) is 1. The molecule has 4 atom stereocenters. The third-order valence-corrected chi connectivity index (χ3v) is 7.23. The van der Waals surface area contributed by atoms with E-state index in [4.69, 9.17) is 7.48 Å². The van der Waals surface area contributed by atoms with Crippen molar-refractivity contribution in [2.45, 2.75) is 57.3 Å². The lowest BCUT2D eigenvalue weighted by molar-refractivity contribution is -0.137. The second-order valence-electron chi connectivity index (χ2n) is 10.4. The van der Waals surface area contributed by atoms with E-state index in [2.05, 4.69) is 20.5 Å². The third-order valence-electron chi connectivity index (χ3n) is 7.23. The van der Waals surface area contributed by atoms with Gasteiger partial charge in [-0.1, -0.05) is 0 Å². The number of likely N-dealkylation sites (tertiary alicyclic amines) is 1. The van der Waals surface area contributed by atoms with Crippen molar-refractivity contribution in [3.8, 4) is 11.3 Å². The number of halogens is 3. The molecule has 34 heavy (non-hydrogen) atoms. The largest absolute Gasteiger partial charge is 0.417 e. The van der Waals surface area contributed by atoms with E-state index in [1.165, 1.54) is 6.07 Å². The molecular weight excluding hydrogens is 443 g/mol. The molecule has 9 heteroatoms. The normalized spacial score (nSPS) is 30.5. The van der Waals surface area contributed by atoms with Crippen molar-refractivity contribution in [2.24, 2.45) is 17.8 Å². The molecule has 2 saturated heterocycles. The van der Waals surface area contributed by atoms with Crippen LogP contribution in [0.3, 0.4) is 0 Å². The quantitative estimate of drug-likeness (QED) is 0.662. The van der Waals surface area contributed by atoms with Gasteiger partial charge >= 0.3 is 6.18 Å². The van der Waals surface area contributed by atoms with Crippen LogP contribution >= 0.6 is 0 Å². The molecule has 3 fully saturated rings. The lowest BCUT2D eigenvalue weighted by Gasteiger charge is -2.37. The minimum absolute atomic E-state index is 0.0412. The van der Waals surface area contributed by atoms with Gasteiger partial charge in [0.05, 0.1) is 16.9 Å². The van der Waals surface area contributed by atoms with Gasteiger partial charge in [-0.15, -0.1) is 10.2 Å². The molecule has 2 aromatic heterocycles. The lowest BCUT2D eigenvalue weighted by Crippen LogP contribution is -2.39. The number of pyridine rings is 1. The predicted octanol–water partition coefficient (Wildman–Crippen LogP) is 4.88. The fraction of sp³-hybridized carbons (Fsp3) is 0.640. The molecule has 2 aliphatic heterocycles. The van der Waals surface area contributed by atoms with Gasteiger partial charge in [0, 0.05) is 52.9 Å². The van der Waals surface area contributed by atoms with Crippen LogP contribution in [-0.2, 0) is 10.9 Å². The molecule has 0 amide bonds. The summed E-state index contributed by atoms with van der Waals surface area (Å²) >= 11 is 0. The minimum Gasteiger partial charge on any atom is -0.376 e. The fourth-order valence-corrected chi connectivity index (χ4v) is 5.73. The van der Waals surface area contributed by atoms with Gasteiger partial charge < -0.3 is 15.0 Å². The Morgan fingerprint density at radius 3 is 2.59 bits per heavy atom. The van der Waals surface area contributed by atoms with E-state index in [1.807, 2.05) is 18.7 Å². The van der Waals surface area contributed by atoms with Crippen molar-refractivity contribution in [1.82, 2.24) is 20.1 Å². The van der Waals surface area contributed by atoms with Crippen LogP contribution in [0.15, 0.2) is 30.6 Å². The van der Waals surface area contributed by atoms with E-state index in [9.17, 15) is 13.2 Å². The van der Waals surface area contributed by atoms with E-state index in [-0.39, 0.29) is 28.8 Å². The van der Waals surface area contributed by atoms with Gasteiger partial charge in [0.2, 0.25) is 0 Å². The number of nitrogens with one attached hydrogen (secondary N) is 1. The maximum absolute atomic E-state index is 13.3. The molecule has 0 spiro atoms. The van der Waals surface area contributed by atoms with Crippen LogP contribution in [0.5, 0.6) is 0 Å². The van der Waals surface area contributed by atoms with Crippen LogP contribution in [0.2, 0.25) is 0 Å². The van der Waals surface area contributed by atoms with E-state index in [0.717, 1.165) is 50.8 Å². The zero-order chi connectivity index (χ0) is 25.7. The van der Waals surface area contributed by atoms with Crippen molar-refractivity contribution < 1.29 is 20.6 Å². The van der Waals surface area contributed by atoms with Crippen molar-refractivity contribution in [1.29, 1.82) is 0 Å². The summed E-state index contributed by atoms with van der Waals surface area (Å²) in [6, 6.07) is 4.30. The summed E-state index contributed by atoms with van der Waals surface area (Å²) in [5, 5.41) is 11.5. The molecule has 184 valence electrons. The summed E-state index contributed by atoms with van der Waals surface area (Å²) in [5.74, 6) is 1.29. The maximum atomic E-state index is 13.3. The Hall–Kier alpha value is -2.26. The molecule has 2 aromatic rings. The summed E-state index contributed by atoms with van der Waals surface area (Å²) in [7, 11) is 0. The van der Waals surface area contributed by atoms with E-state index in [1.54, 1.807) is 6.07 Å². The molecule has 1 saturated carbocycles. The van der Waals surface area contributed by atoms with Crippen LogP contribution in [0.1, 0.15) is 47.8 Å². The average Bonchev–Trinajstić information content (AvgIpc) is 3.38. The van der Waals surface area contributed by atoms with Crippen LogP contribution in [0, 0.1) is 17.8 Å². The number of hydrogen-bond acceptors (Lipinski definition) is 6. The van der Waals surface area contributed by atoms with Crippen molar-refractivity contribution in [3.05, 3.63) is 36.2 Å². The van der Waals surface area contributed by atoms with Crippen molar-refractivity contribution >= 4 is 5.82 Å². The molecular formula is C25H32F3N5O. The van der Waals surface area contributed by atoms with Gasteiger partial charge in [0.25, 0.3) is 0 Å². The molecule has 4 heterocycles. The number of aromatic nitrogens is 3. The Bertz CT molecular complexity index is 1070. The zero-order valence-corrected chi connectivity index (χ0v) is 19.5.